The van der Waals surface area contributed by atoms with E-state index >= 15 is 0 Å². The molecular weight excluding hydrogens is 192 g/mol. The second-order valence-corrected chi connectivity index (χ2v) is 4.32. The second kappa shape index (κ2) is 3.66. The zero-order chi connectivity index (χ0) is 10.9. The molecule has 1 aliphatic heterocycles. The van der Waals surface area contributed by atoms with Gasteiger partial charge in [0.05, 0.1) is 18.0 Å². The molecule has 15 heavy (non-hydrogen) atoms. The van der Waals surface area contributed by atoms with Crippen molar-refractivity contribution in [2.45, 2.75) is 25.4 Å². The molecule has 0 bridgehead atoms. The number of hydrogen-bond donors (Lipinski definition) is 2. The molecule has 82 valence electrons. The van der Waals surface area contributed by atoms with Crippen LogP contribution in [-0.2, 0) is 0 Å². The van der Waals surface area contributed by atoms with Crippen molar-refractivity contribution in [3.8, 4) is 0 Å². The van der Waals surface area contributed by atoms with Gasteiger partial charge < -0.3 is 15.7 Å². The van der Waals surface area contributed by atoms with Crippen LogP contribution in [0.15, 0.2) is 12.4 Å². The Kier molecular flexibility index (Phi) is 2.48. The molecule has 1 aromatic heterocycles. The quantitative estimate of drug-likeness (QED) is 0.699. The summed E-state index contributed by atoms with van der Waals surface area (Å²) in [4.78, 5) is 10.2. The minimum Gasteiger partial charge on any atom is -0.388 e. The minimum absolute atomic E-state index is 0.419. The highest BCUT2D eigenvalue weighted by atomic mass is 16.3. The third-order valence-corrected chi connectivity index (χ3v) is 2.66. The molecule has 0 amide bonds. The molecule has 0 radical (unpaired) electrons. The first-order valence-corrected chi connectivity index (χ1v) is 5.12. The summed E-state index contributed by atoms with van der Waals surface area (Å²) in [7, 11) is 0. The van der Waals surface area contributed by atoms with E-state index in [9.17, 15) is 5.11 Å². The molecule has 0 saturated carbocycles. The summed E-state index contributed by atoms with van der Waals surface area (Å²) in [6, 6.07) is 0. The molecule has 1 aliphatic rings. The van der Waals surface area contributed by atoms with Gasteiger partial charge in [-0.05, 0) is 19.8 Å². The van der Waals surface area contributed by atoms with E-state index in [4.69, 9.17) is 5.73 Å². The van der Waals surface area contributed by atoms with Gasteiger partial charge in [0.25, 0.3) is 0 Å². The number of β-amino-alcohol motifs (C(OH)–C–C–N with tert-alkyl or cyclic N) is 1. The smallest absolute Gasteiger partial charge is 0.147 e. The fourth-order valence-electron chi connectivity index (χ4n) is 1.91. The summed E-state index contributed by atoms with van der Waals surface area (Å²) in [5.41, 5.74) is 4.84. The van der Waals surface area contributed by atoms with Crippen LogP contribution < -0.4 is 10.6 Å². The summed E-state index contributed by atoms with van der Waals surface area (Å²) in [5.74, 6) is 1.20. The van der Waals surface area contributed by atoms with E-state index in [-0.39, 0.29) is 0 Å². The van der Waals surface area contributed by atoms with Crippen molar-refractivity contribution in [1.29, 1.82) is 0 Å². The highest BCUT2D eigenvalue weighted by molar-refractivity contribution is 5.40. The molecule has 1 unspecified atom stereocenters. The number of anilines is 2. The molecule has 1 atom stereocenters. The Morgan fingerprint density at radius 2 is 2.27 bits per heavy atom. The Bertz CT molecular complexity index is 336. The van der Waals surface area contributed by atoms with Crippen LogP contribution in [0.2, 0.25) is 0 Å². The van der Waals surface area contributed by atoms with Gasteiger partial charge in [0.2, 0.25) is 0 Å². The van der Waals surface area contributed by atoms with Crippen LogP contribution in [0.4, 0.5) is 11.6 Å². The van der Waals surface area contributed by atoms with Crippen LogP contribution in [0.25, 0.3) is 0 Å². The molecule has 5 nitrogen and oxygen atoms in total. The molecule has 5 heteroatoms. The van der Waals surface area contributed by atoms with Crippen LogP contribution in [-0.4, -0.2) is 33.8 Å². The summed E-state index contributed by atoms with van der Waals surface area (Å²) in [6.07, 6.45) is 5.00. The largest absolute Gasteiger partial charge is 0.388 e. The zero-order valence-corrected chi connectivity index (χ0v) is 8.85. The van der Waals surface area contributed by atoms with Crippen LogP contribution in [0.3, 0.4) is 0 Å². The van der Waals surface area contributed by atoms with E-state index in [2.05, 4.69) is 9.97 Å². The van der Waals surface area contributed by atoms with Crippen molar-refractivity contribution in [3.05, 3.63) is 12.4 Å². The lowest BCUT2D eigenvalue weighted by molar-refractivity contribution is 0.0447. The SMILES string of the molecule is CC1(O)CCCN(c2cnc(N)cn2)C1. The number of aliphatic hydroxyl groups is 1. The van der Waals surface area contributed by atoms with Crippen molar-refractivity contribution >= 4 is 11.6 Å². The third kappa shape index (κ3) is 2.36. The maximum Gasteiger partial charge on any atom is 0.147 e. The van der Waals surface area contributed by atoms with Crippen LogP contribution in [0.5, 0.6) is 0 Å². The van der Waals surface area contributed by atoms with Crippen molar-refractivity contribution in [2.75, 3.05) is 23.7 Å². The lowest BCUT2D eigenvalue weighted by Gasteiger charge is -2.37. The highest BCUT2D eigenvalue weighted by Gasteiger charge is 2.28. The maximum atomic E-state index is 9.95. The number of nitrogens with two attached hydrogens (primary N) is 1. The Morgan fingerprint density at radius 3 is 2.87 bits per heavy atom. The van der Waals surface area contributed by atoms with Crippen molar-refractivity contribution in [3.63, 3.8) is 0 Å². The number of piperidine rings is 1. The van der Waals surface area contributed by atoms with Crippen LogP contribution in [0.1, 0.15) is 19.8 Å². The van der Waals surface area contributed by atoms with Gasteiger partial charge in [0.1, 0.15) is 11.6 Å². The standard InChI is InChI=1S/C10H16N4O/c1-10(15)3-2-4-14(7-10)9-6-12-8(11)5-13-9/h5-6,15H,2-4,7H2,1H3,(H2,11,12). The molecule has 0 aliphatic carbocycles. The molecule has 3 N–H and O–H groups in total. The van der Waals surface area contributed by atoms with Gasteiger partial charge in [-0.15, -0.1) is 0 Å². The van der Waals surface area contributed by atoms with E-state index in [1.165, 1.54) is 0 Å². The zero-order valence-electron chi connectivity index (χ0n) is 8.85. The summed E-state index contributed by atoms with van der Waals surface area (Å²) in [5, 5.41) is 9.95. The molecule has 1 fully saturated rings. The fraction of sp³-hybridized carbons (Fsp3) is 0.600. The number of rotatable bonds is 1. The first-order chi connectivity index (χ1) is 7.07. The summed E-state index contributed by atoms with van der Waals surface area (Å²) < 4.78 is 0. The molecule has 2 heterocycles. The predicted octanol–water partition coefficient (Wildman–Crippen LogP) is 0.410. The lowest BCUT2D eigenvalue weighted by atomic mass is 9.95. The molecule has 0 aromatic carbocycles. The van der Waals surface area contributed by atoms with Crippen LogP contribution >= 0.6 is 0 Å². The van der Waals surface area contributed by atoms with E-state index in [0.717, 1.165) is 25.2 Å². The average Bonchev–Trinajstić information content (AvgIpc) is 2.17. The van der Waals surface area contributed by atoms with Crippen molar-refractivity contribution in [2.24, 2.45) is 0 Å². The summed E-state index contributed by atoms with van der Waals surface area (Å²) in [6.45, 7) is 3.37. The Labute approximate surface area is 88.9 Å². The van der Waals surface area contributed by atoms with Crippen molar-refractivity contribution < 1.29 is 5.11 Å². The first kappa shape index (κ1) is 10.2. The monoisotopic (exact) mass is 208 g/mol. The lowest BCUT2D eigenvalue weighted by Crippen LogP contribution is -2.46. The van der Waals surface area contributed by atoms with Gasteiger partial charge in [-0.1, -0.05) is 0 Å². The van der Waals surface area contributed by atoms with Crippen molar-refractivity contribution in [1.82, 2.24) is 9.97 Å². The van der Waals surface area contributed by atoms with E-state index in [0.29, 0.717) is 12.4 Å². The number of hydrogen-bond acceptors (Lipinski definition) is 5. The number of nitrogen functional groups attached to an aromatic ring is 1. The molecule has 2 rings (SSSR count). The fourth-order valence-corrected chi connectivity index (χ4v) is 1.91. The van der Waals surface area contributed by atoms with Gasteiger partial charge >= 0.3 is 0 Å². The number of aromatic nitrogens is 2. The van der Waals surface area contributed by atoms with E-state index < -0.39 is 5.60 Å². The second-order valence-electron chi connectivity index (χ2n) is 4.32. The Morgan fingerprint density at radius 1 is 1.47 bits per heavy atom. The molecule has 0 spiro atoms. The average molecular weight is 208 g/mol. The highest BCUT2D eigenvalue weighted by Crippen LogP contribution is 2.23. The first-order valence-electron chi connectivity index (χ1n) is 5.12. The van der Waals surface area contributed by atoms with Gasteiger partial charge in [-0.3, -0.25) is 0 Å². The van der Waals surface area contributed by atoms with E-state index in [1.54, 1.807) is 12.4 Å². The minimum atomic E-state index is -0.624. The van der Waals surface area contributed by atoms with Crippen LogP contribution in [0, 0.1) is 0 Å². The number of nitrogens with zero attached hydrogens (tertiary/aromatic N) is 3. The summed E-state index contributed by atoms with van der Waals surface area (Å²) >= 11 is 0. The molecule has 1 saturated heterocycles. The van der Waals surface area contributed by atoms with Gasteiger partial charge in [-0.2, -0.15) is 0 Å². The topological polar surface area (TPSA) is 75.3 Å². The predicted molar refractivity (Wildman–Crippen MR) is 58.5 cm³/mol. The Hall–Kier alpha value is -1.36. The van der Waals surface area contributed by atoms with E-state index in [1.807, 2.05) is 11.8 Å². The Balaban J connectivity index is 2.13. The van der Waals surface area contributed by atoms with Gasteiger partial charge in [0, 0.05) is 13.1 Å². The maximum absolute atomic E-state index is 9.95. The molecule has 1 aromatic rings. The third-order valence-electron chi connectivity index (χ3n) is 2.66. The normalized spacial score (nSPS) is 26.7. The molecular formula is C10H16N4O. The van der Waals surface area contributed by atoms with Gasteiger partial charge in [-0.25, -0.2) is 9.97 Å². The van der Waals surface area contributed by atoms with Gasteiger partial charge in [0.15, 0.2) is 0 Å².